The molecule has 0 unspecified atom stereocenters. The predicted molar refractivity (Wildman–Crippen MR) is 103 cm³/mol. The lowest BCUT2D eigenvalue weighted by Crippen LogP contribution is -2.31. The standard InChI is InChI=1S/C16H16ClN3O4S2/c1-2-19(8-11-4-6-14(17)26-11)15(21)9-25-13-5-3-10(16(18)22)7-12(13)20(23)24/h3-7H,2,8-9H2,1H3,(H2,18,22). The number of hydrogen-bond acceptors (Lipinski definition) is 6. The number of rotatable bonds is 8. The van der Waals surface area contributed by atoms with E-state index in [9.17, 15) is 19.7 Å². The Balaban J connectivity index is 2.07. The van der Waals surface area contributed by atoms with Crippen molar-refractivity contribution in [3.8, 4) is 0 Å². The smallest absolute Gasteiger partial charge is 0.283 e. The van der Waals surface area contributed by atoms with E-state index in [4.69, 9.17) is 17.3 Å². The minimum Gasteiger partial charge on any atom is -0.366 e. The van der Waals surface area contributed by atoms with Crippen LogP contribution < -0.4 is 5.73 Å². The molecule has 10 heteroatoms. The van der Waals surface area contributed by atoms with E-state index < -0.39 is 10.8 Å². The maximum atomic E-state index is 12.4. The molecule has 0 atom stereocenters. The molecule has 1 aromatic carbocycles. The third-order valence-electron chi connectivity index (χ3n) is 3.50. The molecule has 0 aliphatic carbocycles. The molecule has 2 rings (SSSR count). The fourth-order valence-corrected chi connectivity index (χ4v) is 4.18. The first-order valence-corrected chi connectivity index (χ1v) is 9.72. The average Bonchev–Trinajstić information content (AvgIpc) is 3.02. The summed E-state index contributed by atoms with van der Waals surface area (Å²) in [4.78, 5) is 37.2. The molecule has 2 aromatic rings. The van der Waals surface area contributed by atoms with Gasteiger partial charge in [0.25, 0.3) is 5.69 Å². The molecule has 0 saturated carbocycles. The number of amides is 2. The maximum absolute atomic E-state index is 12.4. The molecule has 2 N–H and O–H groups in total. The predicted octanol–water partition coefficient (Wildman–Crippen LogP) is 3.55. The van der Waals surface area contributed by atoms with E-state index in [1.54, 1.807) is 11.0 Å². The van der Waals surface area contributed by atoms with Crippen molar-refractivity contribution >= 4 is 52.2 Å². The van der Waals surface area contributed by atoms with Gasteiger partial charge in [0.1, 0.15) is 0 Å². The van der Waals surface area contributed by atoms with Crippen molar-refractivity contribution in [3.63, 3.8) is 0 Å². The van der Waals surface area contributed by atoms with Gasteiger partial charge in [-0.15, -0.1) is 23.1 Å². The Kier molecular flexibility index (Phi) is 7.01. The molecule has 0 bridgehead atoms. The zero-order chi connectivity index (χ0) is 19.3. The van der Waals surface area contributed by atoms with Crippen LogP contribution in [0, 0.1) is 10.1 Å². The van der Waals surface area contributed by atoms with E-state index in [-0.39, 0.29) is 22.9 Å². The first-order chi connectivity index (χ1) is 12.3. The summed E-state index contributed by atoms with van der Waals surface area (Å²) in [7, 11) is 0. The summed E-state index contributed by atoms with van der Waals surface area (Å²) in [6.07, 6.45) is 0. The number of nitro benzene ring substituents is 1. The fourth-order valence-electron chi connectivity index (χ4n) is 2.17. The lowest BCUT2D eigenvalue weighted by atomic mass is 10.2. The molecule has 26 heavy (non-hydrogen) atoms. The van der Waals surface area contributed by atoms with Crippen LogP contribution in [0.25, 0.3) is 0 Å². The van der Waals surface area contributed by atoms with Crippen molar-refractivity contribution in [1.29, 1.82) is 0 Å². The average molecular weight is 414 g/mol. The van der Waals surface area contributed by atoms with E-state index in [1.807, 2.05) is 13.0 Å². The van der Waals surface area contributed by atoms with E-state index in [0.717, 1.165) is 22.7 Å². The lowest BCUT2D eigenvalue weighted by molar-refractivity contribution is -0.387. The Hall–Kier alpha value is -2.10. The highest BCUT2D eigenvalue weighted by molar-refractivity contribution is 8.00. The van der Waals surface area contributed by atoms with E-state index in [0.29, 0.717) is 22.3 Å². The second-order valence-corrected chi connectivity index (χ2v) is 8.02. The van der Waals surface area contributed by atoms with Crippen LogP contribution >= 0.6 is 34.7 Å². The molecule has 1 aromatic heterocycles. The minimum atomic E-state index is -0.743. The molecule has 1 heterocycles. The van der Waals surface area contributed by atoms with Gasteiger partial charge in [-0.1, -0.05) is 11.6 Å². The monoisotopic (exact) mass is 413 g/mol. The van der Waals surface area contributed by atoms with Crippen molar-refractivity contribution in [2.75, 3.05) is 12.3 Å². The normalized spacial score (nSPS) is 10.5. The third kappa shape index (κ3) is 5.20. The van der Waals surface area contributed by atoms with Crippen molar-refractivity contribution in [1.82, 2.24) is 4.90 Å². The van der Waals surface area contributed by atoms with Gasteiger partial charge in [-0.3, -0.25) is 19.7 Å². The minimum absolute atomic E-state index is 0.0453. The lowest BCUT2D eigenvalue weighted by Gasteiger charge is -2.20. The van der Waals surface area contributed by atoms with Crippen molar-refractivity contribution in [2.24, 2.45) is 5.73 Å². The van der Waals surface area contributed by atoms with Gasteiger partial charge in [-0.25, -0.2) is 0 Å². The van der Waals surface area contributed by atoms with Crippen LogP contribution in [0.5, 0.6) is 0 Å². The molecule has 0 aliphatic rings. The molecule has 0 spiro atoms. The van der Waals surface area contributed by atoms with Gasteiger partial charge in [-0.2, -0.15) is 0 Å². The summed E-state index contributed by atoms with van der Waals surface area (Å²) in [5, 5.41) is 11.2. The summed E-state index contributed by atoms with van der Waals surface area (Å²) in [5.74, 6) is -0.841. The maximum Gasteiger partial charge on any atom is 0.283 e. The van der Waals surface area contributed by atoms with Crippen molar-refractivity contribution < 1.29 is 14.5 Å². The van der Waals surface area contributed by atoms with Crippen LogP contribution in [0.4, 0.5) is 5.69 Å². The Morgan fingerprint density at radius 3 is 2.62 bits per heavy atom. The largest absolute Gasteiger partial charge is 0.366 e. The Morgan fingerprint density at radius 1 is 1.35 bits per heavy atom. The number of nitro groups is 1. The summed E-state index contributed by atoms with van der Waals surface area (Å²) in [6.45, 7) is 2.81. The van der Waals surface area contributed by atoms with E-state index in [1.165, 1.54) is 23.5 Å². The highest BCUT2D eigenvalue weighted by atomic mass is 35.5. The van der Waals surface area contributed by atoms with Gasteiger partial charge < -0.3 is 10.6 Å². The Bertz CT molecular complexity index is 841. The van der Waals surface area contributed by atoms with E-state index >= 15 is 0 Å². The number of nitrogens with zero attached hydrogens (tertiary/aromatic N) is 2. The number of benzene rings is 1. The van der Waals surface area contributed by atoms with Gasteiger partial charge in [-0.05, 0) is 31.2 Å². The van der Waals surface area contributed by atoms with Crippen LogP contribution in [0.3, 0.4) is 0 Å². The molecule has 2 amide bonds. The first-order valence-electron chi connectivity index (χ1n) is 7.54. The molecular weight excluding hydrogens is 398 g/mol. The molecular formula is C16H16ClN3O4S2. The van der Waals surface area contributed by atoms with Gasteiger partial charge in [0.2, 0.25) is 11.8 Å². The number of hydrogen-bond donors (Lipinski definition) is 1. The number of thiophene rings is 1. The van der Waals surface area contributed by atoms with Crippen molar-refractivity contribution in [2.45, 2.75) is 18.4 Å². The number of carbonyl (C=O) groups is 2. The molecule has 0 aliphatic heterocycles. The number of nitrogens with two attached hydrogens (primary N) is 1. The van der Waals surface area contributed by atoms with Crippen LogP contribution in [-0.4, -0.2) is 33.9 Å². The second-order valence-electron chi connectivity index (χ2n) is 5.21. The highest BCUT2D eigenvalue weighted by Crippen LogP contribution is 2.30. The summed E-state index contributed by atoms with van der Waals surface area (Å²) in [5.41, 5.74) is 4.96. The number of halogens is 1. The number of primary amides is 1. The molecule has 0 fully saturated rings. The SMILES string of the molecule is CCN(Cc1ccc(Cl)s1)C(=O)CSc1ccc(C(N)=O)cc1[N+](=O)[O-]. The zero-order valence-corrected chi connectivity index (χ0v) is 16.2. The second kappa shape index (κ2) is 9.02. The van der Waals surface area contributed by atoms with Gasteiger partial charge >= 0.3 is 0 Å². The molecule has 138 valence electrons. The van der Waals surface area contributed by atoms with Gasteiger partial charge in [0.15, 0.2) is 0 Å². The van der Waals surface area contributed by atoms with Crippen LogP contribution in [0.15, 0.2) is 35.2 Å². The van der Waals surface area contributed by atoms with Crippen LogP contribution in [0.2, 0.25) is 4.34 Å². The zero-order valence-electron chi connectivity index (χ0n) is 13.8. The van der Waals surface area contributed by atoms with Crippen LogP contribution in [0.1, 0.15) is 22.2 Å². The topological polar surface area (TPSA) is 107 Å². The number of thioether (sulfide) groups is 1. The van der Waals surface area contributed by atoms with Crippen molar-refractivity contribution in [3.05, 3.63) is 55.2 Å². The fraction of sp³-hybridized carbons (Fsp3) is 0.250. The molecule has 7 nitrogen and oxygen atoms in total. The molecule has 0 radical (unpaired) electrons. The summed E-state index contributed by atoms with van der Waals surface area (Å²) in [6, 6.07) is 7.61. The van der Waals surface area contributed by atoms with Gasteiger partial charge in [0, 0.05) is 23.1 Å². The number of carbonyl (C=O) groups excluding carboxylic acids is 2. The first kappa shape index (κ1) is 20.2. The summed E-state index contributed by atoms with van der Waals surface area (Å²) < 4.78 is 0.656. The quantitative estimate of drug-likeness (QED) is 0.404. The van der Waals surface area contributed by atoms with Crippen LogP contribution in [-0.2, 0) is 11.3 Å². The van der Waals surface area contributed by atoms with Gasteiger partial charge in [0.05, 0.1) is 26.5 Å². The third-order valence-corrected chi connectivity index (χ3v) is 5.76. The Labute approximate surface area is 163 Å². The van der Waals surface area contributed by atoms with E-state index in [2.05, 4.69) is 0 Å². The molecule has 0 saturated heterocycles. The summed E-state index contributed by atoms with van der Waals surface area (Å²) >= 11 is 8.37. The Morgan fingerprint density at radius 2 is 2.08 bits per heavy atom. The highest BCUT2D eigenvalue weighted by Gasteiger charge is 2.20.